The number of ether oxygens (including phenoxy) is 1. The number of rotatable bonds is 5. The van der Waals surface area contributed by atoms with Gasteiger partial charge in [0, 0.05) is 31.6 Å². The van der Waals surface area contributed by atoms with Gasteiger partial charge in [0.05, 0.1) is 17.7 Å². The van der Waals surface area contributed by atoms with Crippen molar-refractivity contribution >= 4 is 16.7 Å². The summed E-state index contributed by atoms with van der Waals surface area (Å²) in [5.41, 5.74) is 0.376. The summed E-state index contributed by atoms with van der Waals surface area (Å²) in [6.07, 6.45) is -2.69. The summed E-state index contributed by atoms with van der Waals surface area (Å²) in [7, 11) is 0. The molecule has 0 atom stereocenters. The number of aromatic nitrogens is 2. The molecule has 2 heterocycles. The van der Waals surface area contributed by atoms with Gasteiger partial charge in [0.25, 0.3) is 6.43 Å². The minimum absolute atomic E-state index is 0.150. The second-order valence-electron chi connectivity index (χ2n) is 6.56. The third-order valence-electron chi connectivity index (χ3n) is 4.04. The van der Waals surface area contributed by atoms with Gasteiger partial charge in [-0.15, -0.1) is 0 Å². The van der Waals surface area contributed by atoms with E-state index in [4.69, 9.17) is 4.74 Å². The van der Waals surface area contributed by atoms with Gasteiger partial charge in [0.1, 0.15) is 5.82 Å². The summed E-state index contributed by atoms with van der Waals surface area (Å²) < 4.78 is 31.7. The Morgan fingerprint density at radius 3 is 2.83 bits per heavy atom. The van der Waals surface area contributed by atoms with E-state index in [9.17, 15) is 8.78 Å². The molecular formula is C17H22F2N4O. The smallest absolute Gasteiger partial charge is 0.297 e. The van der Waals surface area contributed by atoms with Gasteiger partial charge >= 0.3 is 0 Å². The number of nitrogens with one attached hydrogen (secondary N) is 1. The Morgan fingerprint density at radius 1 is 1.29 bits per heavy atom. The minimum atomic E-state index is -2.69. The number of alkyl halides is 2. The molecule has 1 fully saturated rings. The van der Waals surface area contributed by atoms with Crippen molar-refractivity contribution in [1.82, 2.24) is 14.9 Å². The van der Waals surface area contributed by atoms with Crippen LogP contribution in [-0.2, 0) is 4.74 Å². The lowest BCUT2D eigenvalue weighted by Gasteiger charge is -2.38. The number of morpholine rings is 1. The lowest BCUT2D eigenvalue weighted by atomic mass is 10.1. The van der Waals surface area contributed by atoms with Crippen molar-refractivity contribution < 1.29 is 13.5 Å². The number of hydrogen-bond donors (Lipinski definition) is 1. The molecule has 1 aromatic carbocycles. The molecule has 0 radical (unpaired) electrons. The Bertz CT molecular complexity index is 708. The van der Waals surface area contributed by atoms with E-state index < -0.39 is 12.2 Å². The maximum atomic E-state index is 13.0. The standard InChI is InChI=1S/C17H22F2N4O/c1-17(2)11-23(9-10-24-17)8-7-20-15-12-5-3-4-6-13(12)21-16(22-15)14(18)19/h3-6,14H,7-11H2,1-2H3,(H,20,21,22). The molecule has 130 valence electrons. The summed E-state index contributed by atoms with van der Waals surface area (Å²) in [5.74, 6) is 0.0205. The fraction of sp³-hybridized carbons (Fsp3) is 0.529. The number of halogens is 2. The summed E-state index contributed by atoms with van der Waals surface area (Å²) in [6, 6.07) is 7.19. The molecule has 0 unspecified atom stereocenters. The van der Waals surface area contributed by atoms with Crippen LogP contribution in [0.3, 0.4) is 0 Å². The van der Waals surface area contributed by atoms with Gasteiger partial charge in [-0.05, 0) is 26.0 Å². The SMILES string of the molecule is CC1(C)CN(CCNc2nc(C(F)F)nc3ccccc23)CCO1. The highest BCUT2D eigenvalue weighted by atomic mass is 19.3. The van der Waals surface area contributed by atoms with Crippen LogP contribution in [0.2, 0.25) is 0 Å². The number of anilines is 1. The maximum Gasteiger partial charge on any atom is 0.297 e. The summed E-state index contributed by atoms with van der Waals surface area (Å²) in [4.78, 5) is 10.2. The third kappa shape index (κ3) is 3.96. The van der Waals surface area contributed by atoms with Crippen LogP contribution in [0.25, 0.3) is 10.9 Å². The van der Waals surface area contributed by atoms with Crippen LogP contribution in [-0.4, -0.2) is 53.3 Å². The molecule has 0 spiro atoms. The Labute approximate surface area is 140 Å². The van der Waals surface area contributed by atoms with E-state index >= 15 is 0 Å². The average molecular weight is 336 g/mol. The van der Waals surface area contributed by atoms with Gasteiger partial charge in [0.15, 0.2) is 5.82 Å². The summed E-state index contributed by atoms with van der Waals surface area (Å²) in [5, 5.41) is 3.94. The molecular weight excluding hydrogens is 314 g/mol. The fourth-order valence-corrected chi connectivity index (χ4v) is 2.96. The van der Waals surface area contributed by atoms with Crippen molar-refractivity contribution in [2.45, 2.75) is 25.9 Å². The van der Waals surface area contributed by atoms with Gasteiger partial charge in [-0.3, -0.25) is 4.90 Å². The largest absolute Gasteiger partial charge is 0.373 e. The van der Waals surface area contributed by atoms with Gasteiger partial charge in [0.2, 0.25) is 0 Å². The molecule has 0 saturated carbocycles. The van der Waals surface area contributed by atoms with Crippen LogP contribution in [0.4, 0.5) is 14.6 Å². The molecule has 0 aliphatic carbocycles. The van der Waals surface area contributed by atoms with Crippen molar-refractivity contribution in [2.24, 2.45) is 0 Å². The molecule has 1 saturated heterocycles. The van der Waals surface area contributed by atoms with Crippen LogP contribution in [0.1, 0.15) is 26.1 Å². The van der Waals surface area contributed by atoms with Crippen molar-refractivity contribution in [1.29, 1.82) is 0 Å². The zero-order valence-electron chi connectivity index (χ0n) is 13.9. The maximum absolute atomic E-state index is 13.0. The Hall–Kier alpha value is -1.86. The zero-order chi connectivity index (χ0) is 17.2. The highest BCUT2D eigenvalue weighted by molar-refractivity contribution is 5.88. The molecule has 1 aliphatic heterocycles. The van der Waals surface area contributed by atoms with E-state index in [1.807, 2.05) is 12.1 Å². The second kappa shape index (κ2) is 6.94. The number of hydrogen-bond acceptors (Lipinski definition) is 5. The molecule has 7 heteroatoms. The highest BCUT2D eigenvalue weighted by Crippen LogP contribution is 2.24. The van der Waals surface area contributed by atoms with E-state index in [1.54, 1.807) is 12.1 Å². The van der Waals surface area contributed by atoms with Crippen molar-refractivity contribution in [3.05, 3.63) is 30.1 Å². The second-order valence-corrected chi connectivity index (χ2v) is 6.56. The normalized spacial score (nSPS) is 18.2. The van der Waals surface area contributed by atoms with Crippen molar-refractivity contribution in [3.63, 3.8) is 0 Å². The zero-order valence-corrected chi connectivity index (χ0v) is 13.9. The first-order valence-corrected chi connectivity index (χ1v) is 8.10. The number of fused-ring (bicyclic) bond motifs is 1. The average Bonchev–Trinajstić information content (AvgIpc) is 2.53. The molecule has 3 rings (SSSR count). The van der Waals surface area contributed by atoms with Crippen LogP contribution in [0.5, 0.6) is 0 Å². The molecule has 24 heavy (non-hydrogen) atoms. The molecule has 1 aromatic heterocycles. The predicted octanol–water partition coefficient (Wildman–Crippen LogP) is 3.09. The Kier molecular flexibility index (Phi) is 4.91. The predicted molar refractivity (Wildman–Crippen MR) is 89.5 cm³/mol. The van der Waals surface area contributed by atoms with E-state index in [2.05, 4.69) is 34.0 Å². The van der Waals surface area contributed by atoms with Crippen LogP contribution < -0.4 is 5.32 Å². The number of benzene rings is 1. The molecule has 0 bridgehead atoms. The van der Waals surface area contributed by atoms with Gasteiger partial charge in [-0.25, -0.2) is 18.7 Å². The Morgan fingerprint density at radius 2 is 2.08 bits per heavy atom. The van der Waals surface area contributed by atoms with Gasteiger partial charge < -0.3 is 10.1 Å². The van der Waals surface area contributed by atoms with Gasteiger partial charge in [-0.2, -0.15) is 0 Å². The van der Waals surface area contributed by atoms with Gasteiger partial charge in [-0.1, -0.05) is 12.1 Å². The van der Waals surface area contributed by atoms with Crippen LogP contribution in [0.15, 0.2) is 24.3 Å². The molecule has 2 aromatic rings. The first kappa shape index (κ1) is 17.0. The monoisotopic (exact) mass is 336 g/mol. The first-order chi connectivity index (χ1) is 11.4. The topological polar surface area (TPSA) is 50.3 Å². The quantitative estimate of drug-likeness (QED) is 0.909. The lowest BCUT2D eigenvalue weighted by Crippen LogP contribution is -2.49. The third-order valence-corrected chi connectivity index (χ3v) is 4.04. The summed E-state index contributed by atoms with van der Waals surface area (Å²) in [6.45, 7) is 7.99. The Balaban J connectivity index is 1.70. The van der Waals surface area contributed by atoms with Crippen LogP contribution in [0, 0.1) is 0 Å². The number of para-hydroxylation sites is 1. The van der Waals surface area contributed by atoms with E-state index in [0.29, 0.717) is 24.5 Å². The van der Waals surface area contributed by atoms with Crippen LogP contribution >= 0.6 is 0 Å². The minimum Gasteiger partial charge on any atom is -0.373 e. The fourth-order valence-electron chi connectivity index (χ4n) is 2.96. The van der Waals surface area contributed by atoms with Crippen molar-refractivity contribution in [3.8, 4) is 0 Å². The first-order valence-electron chi connectivity index (χ1n) is 8.10. The van der Waals surface area contributed by atoms with E-state index in [-0.39, 0.29) is 5.60 Å². The highest BCUT2D eigenvalue weighted by Gasteiger charge is 2.26. The molecule has 0 amide bonds. The molecule has 5 nitrogen and oxygen atoms in total. The molecule has 1 N–H and O–H groups in total. The summed E-state index contributed by atoms with van der Waals surface area (Å²) >= 11 is 0. The van der Waals surface area contributed by atoms with E-state index in [1.165, 1.54) is 0 Å². The molecule has 1 aliphatic rings. The van der Waals surface area contributed by atoms with E-state index in [0.717, 1.165) is 25.0 Å². The van der Waals surface area contributed by atoms with Crippen molar-refractivity contribution in [2.75, 3.05) is 38.1 Å². The number of nitrogens with zero attached hydrogens (tertiary/aromatic N) is 3. The lowest BCUT2D eigenvalue weighted by molar-refractivity contribution is -0.0848.